The van der Waals surface area contributed by atoms with Gasteiger partial charge in [-0.15, -0.1) is 0 Å². The molecular formula is C9H5I2N. The highest BCUT2D eigenvalue weighted by molar-refractivity contribution is 14.1. The van der Waals surface area contributed by atoms with Crippen LogP contribution in [0.4, 0.5) is 0 Å². The number of aromatic nitrogens is 1. The van der Waals surface area contributed by atoms with Crippen LogP contribution in [0.2, 0.25) is 0 Å². The molecule has 0 N–H and O–H groups in total. The Labute approximate surface area is 97.9 Å². The molecule has 0 atom stereocenters. The summed E-state index contributed by atoms with van der Waals surface area (Å²) in [5, 5.41) is 1.23. The standard InChI is InChI=1S/C9H5I2N/c10-6-4-8(11)7-2-1-3-12-9(7)5-6/h1-5H. The number of nitrogens with zero attached hydrogens (tertiary/aromatic N) is 1. The summed E-state index contributed by atoms with van der Waals surface area (Å²) in [6, 6.07) is 8.32. The predicted octanol–water partition coefficient (Wildman–Crippen LogP) is 3.44. The smallest absolute Gasteiger partial charge is 0.0723 e. The van der Waals surface area contributed by atoms with Gasteiger partial charge in [0, 0.05) is 18.7 Å². The maximum Gasteiger partial charge on any atom is 0.0723 e. The zero-order valence-electron chi connectivity index (χ0n) is 6.09. The molecule has 2 aromatic rings. The number of fused-ring (bicyclic) bond motifs is 1. The maximum absolute atomic E-state index is 4.29. The molecule has 0 saturated heterocycles. The van der Waals surface area contributed by atoms with E-state index in [0.717, 1.165) is 5.52 Å². The fourth-order valence-corrected chi connectivity index (χ4v) is 3.10. The van der Waals surface area contributed by atoms with Gasteiger partial charge in [0.1, 0.15) is 0 Å². The molecule has 1 aromatic heterocycles. The van der Waals surface area contributed by atoms with Gasteiger partial charge in [-0.25, -0.2) is 0 Å². The number of benzene rings is 1. The van der Waals surface area contributed by atoms with Crippen molar-refractivity contribution in [3.63, 3.8) is 0 Å². The first kappa shape index (κ1) is 8.68. The molecule has 60 valence electrons. The third-order valence-electron chi connectivity index (χ3n) is 1.64. The van der Waals surface area contributed by atoms with Crippen LogP contribution in [0.15, 0.2) is 30.5 Å². The Kier molecular flexibility index (Phi) is 2.49. The van der Waals surface area contributed by atoms with Crippen molar-refractivity contribution in [2.45, 2.75) is 0 Å². The Bertz CT molecular complexity index is 426. The lowest BCUT2D eigenvalue weighted by atomic mass is 10.2. The number of hydrogen-bond donors (Lipinski definition) is 0. The maximum atomic E-state index is 4.29. The lowest BCUT2D eigenvalue weighted by molar-refractivity contribution is 1.40. The molecule has 0 aliphatic heterocycles. The number of pyridine rings is 1. The van der Waals surface area contributed by atoms with Crippen molar-refractivity contribution >= 4 is 56.1 Å². The molecule has 0 fully saturated rings. The molecule has 0 saturated carbocycles. The number of halogens is 2. The van der Waals surface area contributed by atoms with Crippen molar-refractivity contribution in [2.24, 2.45) is 0 Å². The SMILES string of the molecule is Ic1cc(I)c2cccnc2c1. The van der Waals surface area contributed by atoms with Crippen LogP contribution in [0, 0.1) is 7.14 Å². The summed E-state index contributed by atoms with van der Waals surface area (Å²) < 4.78 is 2.51. The van der Waals surface area contributed by atoms with E-state index in [2.05, 4.69) is 68.4 Å². The van der Waals surface area contributed by atoms with E-state index in [1.807, 2.05) is 12.3 Å². The quantitative estimate of drug-likeness (QED) is 0.638. The molecule has 3 heteroatoms. The number of hydrogen-bond acceptors (Lipinski definition) is 1. The molecule has 0 spiro atoms. The van der Waals surface area contributed by atoms with Gasteiger partial charge in [0.25, 0.3) is 0 Å². The van der Waals surface area contributed by atoms with Gasteiger partial charge in [0.15, 0.2) is 0 Å². The molecule has 0 bridgehead atoms. The van der Waals surface area contributed by atoms with E-state index in [-0.39, 0.29) is 0 Å². The first-order valence-electron chi connectivity index (χ1n) is 3.47. The van der Waals surface area contributed by atoms with E-state index >= 15 is 0 Å². The molecule has 0 unspecified atom stereocenters. The normalized spacial score (nSPS) is 10.5. The minimum Gasteiger partial charge on any atom is -0.256 e. The summed E-state index contributed by atoms with van der Waals surface area (Å²) in [7, 11) is 0. The third-order valence-corrected chi connectivity index (χ3v) is 3.15. The van der Waals surface area contributed by atoms with Crippen LogP contribution >= 0.6 is 45.2 Å². The molecule has 1 aromatic carbocycles. The summed E-state index contributed by atoms with van der Waals surface area (Å²) in [5.74, 6) is 0. The van der Waals surface area contributed by atoms with Crippen molar-refractivity contribution in [1.29, 1.82) is 0 Å². The zero-order valence-corrected chi connectivity index (χ0v) is 10.4. The Morgan fingerprint density at radius 1 is 1.17 bits per heavy atom. The van der Waals surface area contributed by atoms with Gasteiger partial charge in [-0.1, -0.05) is 6.07 Å². The van der Waals surface area contributed by atoms with E-state index in [1.165, 1.54) is 12.5 Å². The Balaban J connectivity index is 2.89. The molecule has 1 nitrogen and oxygen atoms in total. The second-order valence-corrected chi connectivity index (χ2v) is 4.87. The van der Waals surface area contributed by atoms with Gasteiger partial charge in [-0.3, -0.25) is 4.98 Å². The molecule has 1 heterocycles. The molecule has 0 radical (unpaired) electrons. The first-order valence-corrected chi connectivity index (χ1v) is 5.63. The highest BCUT2D eigenvalue weighted by Crippen LogP contribution is 2.21. The lowest BCUT2D eigenvalue weighted by Crippen LogP contribution is -1.82. The highest BCUT2D eigenvalue weighted by atomic mass is 127. The van der Waals surface area contributed by atoms with Crippen molar-refractivity contribution < 1.29 is 0 Å². The minimum absolute atomic E-state index is 1.08. The minimum atomic E-state index is 1.08. The van der Waals surface area contributed by atoms with Crippen molar-refractivity contribution in [2.75, 3.05) is 0 Å². The summed E-state index contributed by atoms with van der Waals surface area (Å²) >= 11 is 4.65. The summed E-state index contributed by atoms with van der Waals surface area (Å²) in [6.07, 6.45) is 1.83. The first-order chi connectivity index (χ1) is 5.77. The van der Waals surface area contributed by atoms with Crippen molar-refractivity contribution in [3.8, 4) is 0 Å². The highest BCUT2D eigenvalue weighted by Gasteiger charge is 1.99. The van der Waals surface area contributed by atoms with Gasteiger partial charge in [0.05, 0.1) is 5.52 Å². The molecule has 12 heavy (non-hydrogen) atoms. The molecule has 0 amide bonds. The lowest BCUT2D eigenvalue weighted by Gasteiger charge is -1.99. The average molecular weight is 381 g/mol. The van der Waals surface area contributed by atoms with Gasteiger partial charge in [0.2, 0.25) is 0 Å². The van der Waals surface area contributed by atoms with Crippen LogP contribution in [0.1, 0.15) is 0 Å². The van der Waals surface area contributed by atoms with E-state index in [9.17, 15) is 0 Å². The van der Waals surface area contributed by atoms with Crippen LogP contribution in [0.3, 0.4) is 0 Å². The second kappa shape index (κ2) is 3.45. The Morgan fingerprint density at radius 3 is 2.83 bits per heavy atom. The second-order valence-electron chi connectivity index (χ2n) is 2.46. The molecule has 0 aliphatic carbocycles. The Morgan fingerprint density at radius 2 is 2.00 bits per heavy atom. The van der Waals surface area contributed by atoms with E-state index in [1.54, 1.807) is 0 Å². The van der Waals surface area contributed by atoms with E-state index < -0.39 is 0 Å². The van der Waals surface area contributed by atoms with Crippen molar-refractivity contribution in [1.82, 2.24) is 4.98 Å². The van der Waals surface area contributed by atoms with Gasteiger partial charge in [-0.2, -0.15) is 0 Å². The molecule has 2 rings (SSSR count). The Hall–Kier alpha value is 0.0900. The van der Waals surface area contributed by atoms with Gasteiger partial charge < -0.3 is 0 Å². The van der Waals surface area contributed by atoms with E-state index in [4.69, 9.17) is 0 Å². The predicted molar refractivity (Wildman–Crippen MR) is 67.2 cm³/mol. The van der Waals surface area contributed by atoms with Crippen molar-refractivity contribution in [3.05, 3.63) is 37.6 Å². The zero-order chi connectivity index (χ0) is 8.55. The largest absolute Gasteiger partial charge is 0.256 e. The van der Waals surface area contributed by atoms with Crippen LogP contribution < -0.4 is 0 Å². The number of rotatable bonds is 0. The fourth-order valence-electron chi connectivity index (χ4n) is 1.11. The van der Waals surface area contributed by atoms with Crippen LogP contribution in [-0.4, -0.2) is 4.98 Å². The monoisotopic (exact) mass is 381 g/mol. The van der Waals surface area contributed by atoms with Gasteiger partial charge >= 0.3 is 0 Å². The molecular weight excluding hydrogens is 376 g/mol. The summed E-state index contributed by atoms with van der Waals surface area (Å²) in [6.45, 7) is 0. The van der Waals surface area contributed by atoms with E-state index in [0.29, 0.717) is 0 Å². The molecule has 0 aliphatic rings. The topological polar surface area (TPSA) is 12.9 Å². The summed E-state index contributed by atoms with van der Waals surface area (Å²) in [5.41, 5.74) is 1.08. The fraction of sp³-hybridized carbons (Fsp3) is 0. The summed E-state index contributed by atoms with van der Waals surface area (Å²) in [4.78, 5) is 4.29. The van der Waals surface area contributed by atoms with Gasteiger partial charge in [-0.05, 0) is 63.4 Å². The van der Waals surface area contributed by atoms with Crippen LogP contribution in [-0.2, 0) is 0 Å². The average Bonchev–Trinajstić information content (AvgIpc) is 2.04. The third kappa shape index (κ3) is 1.56. The van der Waals surface area contributed by atoms with Crippen LogP contribution in [0.5, 0.6) is 0 Å². The van der Waals surface area contributed by atoms with Crippen LogP contribution in [0.25, 0.3) is 10.9 Å².